The van der Waals surface area contributed by atoms with E-state index in [1.807, 2.05) is 4.90 Å². The highest BCUT2D eigenvalue weighted by Gasteiger charge is 2.36. The molecule has 0 N–H and O–H groups in total. The van der Waals surface area contributed by atoms with Gasteiger partial charge in [-0.15, -0.1) is 0 Å². The molecular formula is C19H17F3N6O. The molecule has 0 bridgehead atoms. The summed E-state index contributed by atoms with van der Waals surface area (Å²) in [4.78, 5) is 28.6. The average molecular weight is 402 g/mol. The molecule has 0 atom stereocenters. The molecule has 1 saturated heterocycles. The fourth-order valence-electron chi connectivity index (χ4n) is 3.27. The molecule has 4 rings (SSSR count). The molecule has 1 amide bonds. The molecule has 0 unspecified atom stereocenters. The van der Waals surface area contributed by atoms with Crippen molar-refractivity contribution in [3.63, 3.8) is 0 Å². The minimum absolute atomic E-state index is 0.301. The number of alkyl halides is 3. The first-order chi connectivity index (χ1) is 13.9. The van der Waals surface area contributed by atoms with Crippen LogP contribution in [-0.4, -0.2) is 56.5 Å². The van der Waals surface area contributed by atoms with Crippen LogP contribution >= 0.6 is 0 Å². The summed E-state index contributed by atoms with van der Waals surface area (Å²) in [6.07, 6.45) is 1.91. The molecule has 150 valence electrons. The zero-order valence-corrected chi connectivity index (χ0v) is 15.3. The van der Waals surface area contributed by atoms with E-state index in [0.29, 0.717) is 37.8 Å². The van der Waals surface area contributed by atoms with Crippen LogP contribution in [0.2, 0.25) is 0 Å². The van der Waals surface area contributed by atoms with Crippen molar-refractivity contribution in [1.29, 1.82) is 0 Å². The molecule has 2 aromatic heterocycles. The van der Waals surface area contributed by atoms with Crippen molar-refractivity contribution in [2.24, 2.45) is 0 Å². The Labute approximate surface area is 164 Å². The van der Waals surface area contributed by atoms with Gasteiger partial charge >= 0.3 is 6.18 Å². The summed E-state index contributed by atoms with van der Waals surface area (Å²) in [7, 11) is 0. The number of nitrogens with zero attached hydrogens (tertiary/aromatic N) is 6. The lowest BCUT2D eigenvalue weighted by Gasteiger charge is -2.35. The zero-order valence-electron chi connectivity index (χ0n) is 15.3. The highest BCUT2D eigenvalue weighted by atomic mass is 19.4. The monoisotopic (exact) mass is 402 g/mol. The van der Waals surface area contributed by atoms with Crippen molar-refractivity contribution in [3.05, 3.63) is 66.5 Å². The molecule has 1 aromatic carbocycles. The van der Waals surface area contributed by atoms with Crippen molar-refractivity contribution in [2.75, 3.05) is 31.1 Å². The van der Waals surface area contributed by atoms with Crippen molar-refractivity contribution >= 4 is 11.7 Å². The average Bonchev–Trinajstić information content (AvgIpc) is 3.28. The smallest absolute Gasteiger partial charge is 0.353 e. The first-order valence-electron chi connectivity index (χ1n) is 8.94. The Morgan fingerprint density at radius 3 is 2.41 bits per heavy atom. The summed E-state index contributed by atoms with van der Waals surface area (Å²) < 4.78 is 41.4. The maximum atomic E-state index is 13.2. The van der Waals surface area contributed by atoms with Crippen molar-refractivity contribution in [3.8, 4) is 5.82 Å². The van der Waals surface area contributed by atoms with Gasteiger partial charge in [-0.1, -0.05) is 12.1 Å². The molecule has 1 fully saturated rings. The first kappa shape index (κ1) is 18.9. The fraction of sp³-hybridized carbons (Fsp3) is 0.263. The van der Waals surface area contributed by atoms with Crippen molar-refractivity contribution < 1.29 is 18.0 Å². The highest BCUT2D eigenvalue weighted by Crippen LogP contribution is 2.32. The van der Waals surface area contributed by atoms with E-state index in [4.69, 9.17) is 0 Å². The number of hydrogen-bond donors (Lipinski definition) is 0. The number of carbonyl (C=O) groups excluding carboxylic acids is 1. The number of amides is 1. The fourth-order valence-corrected chi connectivity index (χ4v) is 3.27. The normalized spacial score (nSPS) is 14.9. The zero-order chi connectivity index (χ0) is 20.4. The topological polar surface area (TPSA) is 67.2 Å². The summed E-state index contributed by atoms with van der Waals surface area (Å²) >= 11 is 0. The van der Waals surface area contributed by atoms with E-state index in [0.717, 1.165) is 6.07 Å². The summed E-state index contributed by atoms with van der Waals surface area (Å²) in [5.74, 6) is 0.732. The lowest BCUT2D eigenvalue weighted by atomic mass is 10.1. The Kier molecular flexibility index (Phi) is 4.91. The molecule has 1 aliphatic rings. The lowest BCUT2D eigenvalue weighted by molar-refractivity contribution is -0.138. The number of aromatic nitrogens is 4. The number of imidazole rings is 1. The maximum Gasteiger partial charge on any atom is 0.417 e. The van der Waals surface area contributed by atoms with Crippen LogP contribution in [0.25, 0.3) is 5.82 Å². The molecule has 3 heterocycles. The minimum atomic E-state index is -4.57. The number of piperazine rings is 1. The van der Waals surface area contributed by atoms with Crippen LogP contribution in [0.3, 0.4) is 0 Å². The van der Waals surface area contributed by atoms with E-state index >= 15 is 0 Å². The van der Waals surface area contributed by atoms with Crippen LogP contribution in [-0.2, 0) is 6.18 Å². The summed E-state index contributed by atoms with van der Waals surface area (Å²) in [5, 5.41) is 0. The van der Waals surface area contributed by atoms with Gasteiger partial charge in [-0.2, -0.15) is 13.2 Å². The van der Waals surface area contributed by atoms with Gasteiger partial charge in [0.2, 0.25) is 0 Å². The van der Waals surface area contributed by atoms with Crippen LogP contribution in [0.1, 0.15) is 15.9 Å². The van der Waals surface area contributed by atoms with Crippen LogP contribution < -0.4 is 4.90 Å². The Bertz CT molecular complexity index is 997. The largest absolute Gasteiger partial charge is 0.417 e. The van der Waals surface area contributed by atoms with Crippen LogP contribution in [0, 0.1) is 0 Å². The number of benzene rings is 1. The summed E-state index contributed by atoms with van der Waals surface area (Å²) in [6, 6.07) is 6.68. The molecule has 0 aliphatic carbocycles. The number of anilines is 1. The predicted molar refractivity (Wildman–Crippen MR) is 98.7 cm³/mol. The SMILES string of the molecule is O=C(c1ccccc1C(F)(F)F)N1CCN(c2cc(-n3ccnc3)ncn2)CC1. The van der Waals surface area contributed by atoms with Gasteiger partial charge in [0.25, 0.3) is 5.91 Å². The van der Waals surface area contributed by atoms with Gasteiger partial charge < -0.3 is 9.80 Å². The molecule has 29 heavy (non-hydrogen) atoms. The minimum Gasteiger partial charge on any atom is -0.353 e. The van der Waals surface area contributed by atoms with E-state index in [1.54, 1.807) is 29.4 Å². The van der Waals surface area contributed by atoms with E-state index in [-0.39, 0.29) is 5.56 Å². The summed E-state index contributed by atoms with van der Waals surface area (Å²) in [6.45, 7) is 1.52. The van der Waals surface area contributed by atoms with Crippen molar-refractivity contribution in [1.82, 2.24) is 24.4 Å². The molecule has 3 aromatic rings. The van der Waals surface area contributed by atoms with Gasteiger partial charge in [-0.05, 0) is 12.1 Å². The lowest BCUT2D eigenvalue weighted by Crippen LogP contribution is -2.49. The molecule has 0 spiro atoms. The Morgan fingerprint density at radius 2 is 1.72 bits per heavy atom. The Morgan fingerprint density at radius 1 is 1.00 bits per heavy atom. The third kappa shape index (κ3) is 3.91. The highest BCUT2D eigenvalue weighted by molar-refractivity contribution is 5.96. The van der Waals surface area contributed by atoms with Gasteiger partial charge in [0.05, 0.1) is 11.1 Å². The molecule has 0 saturated carbocycles. The van der Waals surface area contributed by atoms with Gasteiger partial charge in [-0.3, -0.25) is 9.36 Å². The predicted octanol–water partition coefficient (Wildman–Crippen LogP) is 2.64. The molecule has 7 nitrogen and oxygen atoms in total. The van der Waals surface area contributed by atoms with Crippen LogP contribution in [0.5, 0.6) is 0 Å². The molecule has 0 radical (unpaired) electrons. The van der Waals surface area contributed by atoms with E-state index < -0.39 is 17.6 Å². The van der Waals surface area contributed by atoms with Crippen LogP contribution in [0.4, 0.5) is 19.0 Å². The van der Waals surface area contributed by atoms with Crippen molar-refractivity contribution in [2.45, 2.75) is 6.18 Å². The first-order valence-corrected chi connectivity index (χ1v) is 8.94. The second kappa shape index (κ2) is 7.53. The second-order valence-corrected chi connectivity index (χ2v) is 6.53. The van der Waals surface area contributed by atoms with E-state index in [1.165, 1.54) is 29.4 Å². The third-order valence-corrected chi connectivity index (χ3v) is 4.76. The number of carbonyl (C=O) groups is 1. The number of rotatable bonds is 3. The molecule has 10 heteroatoms. The third-order valence-electron chi connectivity index (χ3n) is 4.76. The molecule has 1 aliphatic heterocycles. The van der Waals surface area contributed by atoms with Gasteiger partial charge in [0.15, 0.2) is 0 Å². The van der Waals surface area contributed by atoms with E-state index in [2.05, 4.69) is 15.0 Å². The maximum absolute atomic E-state index is 13.2. The Hall–Kier alpha value is -3.43. The van der Waals surface area contributed by atoms with E-state index in [9.17, 15) is 18.0 Å². The van der Waals surface area contributed by atoms with Gasteiger partial charge in [0, 0.05) is 44.6 Å². The van der Waals surface area contributed by atoms with Gasteiger partial charge in [0.1, 0.15) is 24.3 Å². The number of hydrogen-bond acceptors (Lipinski definition) is 5. The quantitative estimate of drug-likeness (QED) is 0.674. The van der Waals surface area contributed by atoms with Crippen LogP contribution in [0.15, 0.2) is 55.4 Å². The number of halogens is 3. The summed E-state index contributed by atoms with van der Waals surface area (Å²) in [5.41, 5.74) is -1.23. The second-order valence-electron chi connectivity index (χ2n) is 6.53. The Balaban J connectivity index is 1.47. The standard InChI is InChI=1S/C19H17F3N6O/c20-19(21,22)15-4-2-1-3-14(15)18(29)27-9-7-26(8-10-27)16-11-17(25-12-24-16)28-6-5-23-13-28/h1-6,11-13H,7-10H2. The molecular weight excluding hydrogens is 385 g/mol. The van der Waals surface area contributed by atoms with Gasteiger partial charge in [-0.25, -0.2) is 15.0 Å².